The highest BCUT2D eigenvalue weighted by molar-refractivity contribution is 7.16. The van der Waals surface area contributed by atoms with E-state index in [0.717, 1.165) is 10.4 Å². The Hall–Kier alpha value is -3.13. The number of ether oxygens (including phenoxy) is 2. The van der Waals surface area contributed by atoms with Crippen molar-refractivity contribution in [1.29, 1.82) is 0 Å². The summed E-state index contributed by atoms with van der Waals surface area (Å²) in [5.41, 5.74) is 7.43. The van der Waals surface area contributed by atoms with Gasteiger partial charge in [-0.2, -0.15) is 0 Å². The predicted molar refractivity (Wildman–Crippen MR) is 105 cm³/mol. The van der Waals surface area contributed by atoms with Gasteiger partial charge in [0.1, 0.15) is 18.2 Å². The topological polar surface area (TPSA) is 86.5 Å². The fourth-order valence-electron chi connectivity index (χ4n) is 3.22. The molecule has 0 spiro atoms. The maximum atomic E-state index is 13.4. The van der Waals surface area contributed by atoms with Gasteiger partial charge in [0.25, 0.3) is 0 Å². The number of carbonyl (C=O) groups is 1. The van der Waals surface area contributed by atoms with Gasteiger partial charge in [-0.15, -0.1) is 0 Å². The van der Waals surface area contributed by atoms with E-state index in [1.807, 2.05) is 12.1 Å². The number of amides is 1. The molecule has 1 amide bonds. The molecule has 0 bridgehead atoms. The number of nitrogen functional groups attached to an aromatic ring is 1. The molecule has 0 fully saturated rings. The van der Waals surface area contributed by atoms with E-state index in [0.29, 0.717) is 34.4 Å². The van der Waals surface area contributed by atoms with Crippen LogP contribution in [0.4, 0.5) is 15.3 Å². The van der Waals surface area contributed by atoms with Gasteiger partial charge in [-0.05, 0) is 35.4 Å². The molecule has 3 aromatic rings. The minimum atomic E-state index is -0.314. The highest BCUT2D eigenvalue weighted by Gasteiger charge is 2.30. The quantitative estimate of drug-likeness (QED) is 0.679. The summed E-state index contributed by atoms with van der Waals surface area (Å²) >= 11 is 1.36. The van der Waals surface area contributed by atoms with Gasteiger partial charge in [-0.25, -0.2) is 9.37 Å². The highest BCUT2D eigenvalue weighted by Crippen LogP contribution is 2.43. The first-order valence-electron chi connectivity index (χ1n) is 8.64. The smallest absolute Gasteiger partial charge is 0.226 e. The van der Waals surface area contributed by atoms with Crippen LogP contribution in [0.5, 0.6) is 11.5 Å². The number of anilines is 2. The lowest BCUT2D eigenvalue weighted by Crippen LogP contribution is -2.22. The van der Waals surface area contributed by atoms with Crippen LogP contribution in [0.2, 0.25) is 0 Å². The SMILES string of the molecule is COc1ccc(C2CC(=O)Nc3nc(N)sc32)cc1OCc1cccc(F)c1. The average molecular weight is 399 g/mol. The minimum absolute atomic E-state index is 0.110. The van der Waals surface area contributed by atoms with E-state index in [4.69, 9.17) is 15.2 Å². The number of aromatic nitrogens is 1. The number of halogens is 1. The van der Waals surface area contributed by atoms with E-state index in [2.05, 4.69) is 10.3 Å². The Labute approximate surface area is 165 Å². The van der Waals surface area contributed by atoms with Gasteiger partial charge < -0.3 is 20.5 Å². The second kappa shape index (κ2) is 7.47. The number of thiazole rings is 1. The number of hydrogen-bond acceptors (Lipinski definition) is 6. The van der Waals surface area contributed by atoms with Gasteiger partial charge in [-0.3, -0.25) is 4.79 Å². The Balaban J connectivity index is 1.64. The van der Waals surface area contributed by atoms with Crippen molar-refractivity contribution in [2.24, 2.45) is 0 Å². The molecule has 0 saturated heterocycles. The Kier molecular flexibility index (Phi) is 4.87. The molecule has 8 heteroatoms. The van der Waals surface area contributed by atoms with Crippen LogP contribution < -0.4 is 20.5 Å². The van der Waals surface area contributed by atoms with Crippen molar-refractivity contribution in [2.75, 3.05) is 18.2 Å². The van der Waals surface area contributed by atoms with Crippen molar-refractivity contribution in [3.63, 3.8) is 0 Å². The van der Waals surface area contributed by atoms with Crippen LogP contribution in [0.1, 0.15) is 28.3 Å². The summed E-state index contributed by atoms with van der Waals surface area (Å²) in [6.07, 6.45) is 0.296. The van der Waals surface area contributed by atoms with Crippen LogP contribution in [0.25, 0.3) is 0 Å². The Bertz CT molecular complexity index is 1040. The van der Waals surface area contributed by atoms with Gasteiger partial charge in [0, 0.05) is 12.3 Å². The number of nitrogens with two attached hydrogens (primary N) is 1. The summed E-state index contributed by atoms with van der Waals surface area (Å²) in [5.74, 6) is 1.01. The van der Waals surface area contributed by atoms with E-state index in [9.17, 15) is 9.18 Å². The fraction of sp³-hybridized carbons (Fsp3) is 0.200. The number of nitrogens with one attached hydrogen (secondary N) is 1. The lowest BCUT2D eigenvalue weighted by molar-refractivity contribution is -0.116. The zero-order valence-corrected chi connectivity index (χ0v) is 15.9. The third-order valence-electron chi connectivity index (χ3n) is 4.51. The third kappa shape index (κ3) is 3.63. The lowest BCUT2D eigenvalue weighted by Gasteiger charge is -2.22. The standard InChI is InChI=1S/C20H18FN3O3S/c1-26-15-6-5-12(8-16(15)27-10-11-3-2-4-13(21)7-11)14-9-17(25)23-19-18(14)28-20(22)24-19/h2-8,14H,9-10H2,1H3,(H2,22,24)(H,23,25). The number of rotatable bonds is 5. The number of benzene rings is 2. The average Bonchev–Trinajstić information content (AvgIpc) is 3.05. The molecule has 1 aliphatic heterocycles. The summed E-state index contributed by atoms with van der Waals surface area (Å²) in [6.45, 7) is 0.196. The molecule has 1 aliphatic rings. The van der Waals surface area contributed by atoms with Gasteiger partial charge in [0.15, 0.2) is 16.6 Å². The van der Waals surface area contributed by atoms with Crippen LogP contribution in [0.15, 0.2) is 42.5 Å². The molecule has 144 valence electrons. The normalized spacial score (nSPS) is 15.6. The van der Waals surface area contributed by atoms with E-state index in [-0.39, 0.29) is 24.2 Å². The number of hydrogen-bond donors (Lipinski definition) is 2. The van der Waals surface area contributed by atoms with Crippen LogP contribution in [0.3, 0.4) is 0 Å². The van der Waals surface area contributed by atoms with Gasteiger partial charge in [-0.1, -0.05) is 29.5 Å². The van der Waals surface area contributed by atoms with Crippen LogP contribution >= 0.6 is 11.3 Å². The Morgan fingerprint density at radius 2 is 2.14 bits per heavy atom. The first kappa shape index (κ1) is 18.2. The highest BCUT2D eigenvalue weighted by atomic mass is 32.1. The van der Waals surface area contributed by atoms with Gasteiger partial charge in [0.05, 0.1) is 12.0 Å². The second-order valence-corrected chi connectivity index (χ2v) is 7.46. The van der Waals surface area contributed by atoms with E-state index < -0.39 is 0 Å². The first-order chi connectivity index (χ1) is 13.5. The molecule has 0 aliphatic carbocycles. The number of carbonyl (C=O) groups excluding carboxylic acids is 1. The summed E-state index contributed by atoms with van der Waals surface area (Å²) in [5, 5.41) is 3.17. The molecule has 4 rings (SSSR count). The third-order valence-corrected chi connectivity index (χ3v) is 5.51. The lowest BCUT2D eigenvalue weighted by atomic mass is 9.91. The molecule has 28 heavy (non-hydrogen) atoms. The molecule has 0 saturated carbocycles. The van der Waals surface area contributed by atoms with Gasteiger partial charge in [0.2, 0.25) is 5.91 Å². The number of nitrogens with zero attached hydrogens (tertiary/aromatic N) is 1. The summed E-state index contributed by atoms with van der Waals surface area (Å²) in [4.78, 5) is 17.2. The molecule has 2 aromatic carbocycles. The molecule has 1 atom stereocenters. The molecule has 0 radical (unpaired) electrons. The van der Waals surface area contributed by atoms with Crippen molar-refractivity contribution in [3.8, 4) is 11.5 Å². The molecular weight excluding hydrogens is 381 g/mol. The Morgan fingerprint density at radius 3 is 2.93 bits per heavy atom. The van der Waals surface area contributed by atoms with Crippen LogP contribution in [0, 0.1) is 5.82 Å². The molecule has 6 nitrogen and oxygen atoms in total. The van der Waals surface area contributed by atoms with Crippen LogP contribution in [-0.4, -0.2) is 18.0 Å². The van der Waals surface area contributed by atoms with E-state index in [1.165, 1.54) is 23.5 Å². The molecular formula is C20H18FN3O3S. The van der Waals surface area contributed by atoms with Crippen molar-refractivity contribution in [2.45, 2.75) is 18.9 Å². The zero-order chi connectivity index (χ0) is 19.7. The molecule has 3 N–H and O–H groups in total. The summed E-state index contributed by atoms with van der Waals surface area (Å²) in [6, 6.07) is 11.8. The Morgan fingerprint density at radius 1 is 1.29 bits per heavy atom. The predicted octanol–water partition coefficient (Wildman–Crippen LogP) is 3.93. The number of methoxy groups -OCH3 is 1. The zero-order valence-electron chi connectivity index (χ0n) is 15.1. The molecule has 1 aromatic heterocycles. The fourth-order valence-corrected chi connectivity index (χ4v) is 4.13. The largest absolute Gasteiger partial charge is 0.493 e. The van der Waals surface area contributed by atoms with Crippen molar-refractivity contribution in [1.82, 2.24) is 4.98 Å². The first-order valence-corrected chi connectivity index (χ1v) is 9.46. The maximum Gasteiger partial charge on any atom is 0.226 e. The van der Waals surface area contributed by atoms with Crippen molar-refractivity contribution >= 4 is 28.2 Å². The number of fused-ring (bicyclic) bond motifs is 1. The maximum absolute atomic E-state index is 13.4. The van der Waals surface area contributed by atoms with Crippen molar-refractivity contribution in [3.05, 3.63) is 64.3 Å². The monoisotopic (exact) mass is 399 g/mol. The summed E-state index contributed by atoms with van der Waals surface area (Å²) in [7, 11) is 1.56. The molecule has 1 unspecified atom stereocenters. The van der Waals surface area contributed by atoms with Crippen LogP contribution in [-0.2, 0) is 11.4 Å². The van der Waals surface area contributed by atoms with Gasteiger partial charge >= 0.3 is 0 Å². The van der Waals surface area contributed by atoms with E-state index in [1.54, 1.807) is 25.3 Å². The minimum Gasteiger partial charge on any atom is -0.493 e. The van der Waals surface area contributed by atoms with Crippen molar-refractivity contribution < 1.29 is 18.7 Å². The van der Waals surface area contributed by atoms with E-state index >= 15 is 0 Å². The summed E-state index contributed by atoms with van der Waals surface area (Å²) < 4.78 is 24.7. The molecule has 2 heterocycles. The second-order valence-electron chi connectivity index (χ2n) is 6.40.